The van der Waals surface area contributed by atoms with Crippen molar-refractivity contribution in [2.75, 3.05) is 11.4 Å². The molecule has 0 bridgehead atoms. The molecule has 1 amide bonds. The smallest absolute Gasteiger partial charge is 0.261 e. The predicted octanol–water partition coefficient (Wildman–Crippen LogP) is 4.11. The first-order valence-corrected chi connectivity index (χ1v) is 6.67. The van der Waals surface area contributed by atoms with Gasteiger partial charge < -0.3 is 4.90 Å². The molecule has 2 nitrogen and oxygen atoms in total. The summed E-state index contributed by atoms with van der Waals surface area (Å²) in [5, 5.41) is 0. The molecule has 104 valence electrons. The van der Waals surface area contributed by atoms with Crippen LogP contribution in [0.5, 0.6) is 0 Å². The fourth-order valence-electron chi connectivity index (χ4n) is 2.12. The van der Waals surface area contributed by atoms with Crippen molar-refractivity contribution in [2.24, 2.45) is 0 Å². The summed E-state index contributed by atoms with van der Waals surface area (Å²) >= 11 is 0. The first kappa shape index (κ1) is 14.3. The molecule has 3 heteroatoms. The second kappa shape index (κ2) is 5.87. The predicted molar refractivity (Wildman–Crippen MR) is 79.7 cm³/mol. The van der Waals surface area contributed by atoms with Crippen LogP contribution in [-0.4, -0.2) is 12.5 Å². The summed E-state index contributed by atoms with van der Waals surface area (Å²) in [6.07, 6.45) is 0. The highest BCUT2D eigenvalue weighted by Gasteiger charge is 2.19. The Hall–Kier alpha value is -2.16. The Bertz CT molecular complexity index is 619. The van der Waals surface area contributed by atoms with E-state index in [0.29, 0.717) is 6.54 Å². The standard InChI is InChI=1S/C17H18FNO/c1-4-19(14-8-5-12(2)6-9-14)17(20)15-11-13(3)7-10-16(15)18/h5-11H,4H2,1-3H3. The van der Waals surface area contributed by atoms with Crippen molar-refractivity contribution in [3.05, 3.63) is 65.0 Å². The highest BCUT2D eigenvalue weighted by Crippen LogP contribution is 2.20. The highest BCUT2D eigenvalue weighted by atomic mass is 19.1. The number of benzene rings is 2. The van der Waals surface area contributed by atoms with Gasteiger partial charge in [0, 0.05) is 12.2 Å². The van der Waals surface area contributed by atoms with Gasteiger partial charge in [-0.3, -0.25) is 4.79 Å². The van der Waals surface area contributed by atoms with Crippen LogP contribution in [-0.2, 0) is 0 Å². The van der Waals surface area contributed by atoms with E-state index in [0.717, 1.165) is 16.8 Å². The first-order valence-electron chi connectivity index (χ1n) is 6.67. The van der Waals surface area contributed by atoms with Crippen molar-refractivity contribution in [2.45, 2.75) is 20.8 Å². The molecule has 0 saturated heterocycles. The number of nitrogens with zero attached hydrogens (tertiary/aromatic N) is 1. The Morgan fingerprint density at radius 1 is 1.05 bits per heavy atom. The molecule has 0 N–H and O–H groups in total. The van der Waals surface area contributed by atoms with Crippen LogP contribution in [0.3, 0.4) is 0 Å². The van der Waals surface area contributed by atoms with E-state index in [1.54, 1.807) is 17.0 Å². The zero-order valence-electron chi connectivity index (χ0n) is 12.0. The fraction of sp³-hybridized carbons (Fsp3) is 0.235. The molecule has 0 aliphatic heterocycles. The van der Waals surface area contributed by atoms with Crippen LogP contribution in [0.25, 0.3) is 0 Å². The zero-order chi connectivity index (χ0) is 14.7. The van der Waals surface area contributed by atoms with Gasteiger partial charge in [-0.2, -0.15) is 0 Å². The van der Waals surface area contributed by atoms with Crippen LogP contribution in [0.4, 0.5) is 10.1 Å². The van der Waals surface area contributed by atoms with E-state index < -0.39 is 5.82 Å². The largest absolute Gasteiger partial charge is 0.309 e. The second-order valence-electron chi connectivity index (χ2n) is 4.87. The topological polar surface area (TPSA) is 20.3 Å². The quantitative estimate of drug-likeness (QED) is 0.822. The van der Waals surface area contributed by atoms with Gasteiger partial charge in [-0.1, -0.05) is 29.3 Å². The first-order chi connectivity index (χ1) is 9.52. The van der Waals surface area contributed by atoms with Crippen LogP contribution >= 0.6 is 0 Å². The number of anilines is 1. The molecule has 20 heavy (non-hydrogen) atoms. The normalized spacial score (nSPS) is 10.4. The molecule has 0 fully saturated rings. The third-order valence-electron chi connectivity index (χ3n) is 3.26. The van der Waals surface area contributed by atoms with E-state index in [-0.39, 0.29) is 11.5 Å². The fourth-order valence-corrected chi connectivity index (χ4v) is 2.12. The van der Waals surface area contributed by atoms with E-state index >= 15 is 0 Å². The van der Waals surface area contributed by atoms with E-state index in [2.05, 4.69) is 0 Å². The molecular weight excluding hydrogens is 253 g/mol. The monoisotopic (exact) mass is 271 g/mol. The maximum atomic E-state index is 13.8. The molecule has 0 unspecified atom stereocenters. The minimum Gasteiger partial charge on any atom is -0.309 e. The molecule has 0 aliphatic rings. The minimum absolute atomic E-state index is 0.118. The van der Waals surface area contributed by atoms with E-state index in [9.17, 15) is 9.18 Å². The van der Waals surface area contributed by atoms with Gasteiger partial charge >= 0.3 is 0 Å². The van der Waals surface area contributed by atoms with E-state index in [1.807, 2.05) is 45.0 Å². The highest BCUT2D eigenvalue weighted by molar-refractivity contribution is 6.06. The van der Waals surface area contributed by atoms with Crippen molar-refractivity contribution in [3.63, 3.8) is 0 Å². The van der Waals surface area contributed by atoms with E-state index in [1.165, 1.54) is 6.07 Å². The van der Waals surface area contributed by atoms with Crippen molar-refractivity contribution < 1.29 is 9.18 Å². The van der Waals surface area contributed by atoms with Crippen molar-refractivity contribution in [1.29, 1.82) is 0 Å². The average Bonchev–Trinajstić information content (AvgIpc) is 2.44. The van der Waals surface area contributed by atoms with Crippen molar-refractivity contribution in [3.8, 4) is 0 Å². The molecule has 0 heterocycles. The molecule has 2 aromatic carbocycles. The summed E-state index contributed by atoms with van der Waals surface area (Å²) in [5.41, 5.74) is 2.89. The molecule has 0 radical (unpaired) electrons. The van der Waals surface area contributed by atoms with E-state index in [4.69, 9.17) is 0 Å². The van der Waals surface area contributed by atoms with Gasteiger partial charge in [-0.25, -0.2) is 4.39 Å². The maximum Gasteiger partial charge on any atom is 0.261 e. The second-order valence-corrected chi connectivity index (χ2v) is 4.87. The van der Waals surface area contributed by atoms with Crippen molar-refractivity contribution in [1.82, 2.24) is 0 Å². The molecular formula is C17H18FNO. The average molecular weight is 271 g/mol. The number of hydrogen-bond donors (Lipinski definition) is 0. The molecule has 0 saturated carbocycles. The maximum absolute atomic E-state index is 13.8. The number of aryl methyl sites for hydroxylation is 2. The zero-order valence-corrected chi connectivity index (χ0v) is 12.0. The third-order valence-corrected chi connectivity index (χ3v) is 3.26. The van der Waals surface area contributed by atoms with Crippen LogP contribution in [0.2, 0.25) is 0 Å². The molecule has 0 aromatic heterocycles. The Morgan fingerprint density at radius 2 is 1.65 bits per heavy atom. The van der Waals surface area contributed by atoms with Crippen LogP contribution in [0, 0.1) is 19.7 Å². The van der Waals surface area contributed by atoms with Gasteiger partial charge in [0.15, 0.2) is 0 Å². The van der Waals surface area contributed by atoms with Crippen molar-refractivity contribution >= 4 is 11.6 Å². The molecule has 2 aromatic rings. The summed E-state index contributed by atoms with van der Waals surface area (Å²) in [6.45, 7) is 6.21. The number of rotatable bonds is 3. The number of hydrogen-bond acceptors (Lipinski definition) is 1. The third kappa shape index (κ3) is 2.87. The molecule has 0 atom stereocenters. The van der Waals surface area contributed by atoms with Crippen LogP contribution < -0.4 is 4.90 Å². The summed E-state index contributed by atoms with van der Waals surface area (Å²) in [5.74, 6) is -0.788. The SMILES string of the molecule is CCN(C(=O)c1cc(C)ccc1F)c1ccc(C)cc1. The summed E-state index contributed by atoms with van der Waals surface area (Å²) < 4.78 is 13.8. The Morgan fingerprint density at radius 3 is 2.25 bits per heavy atom. The molecule has 2 rings (SSSR count). The Balaban J connectivity index is 2.38. The molecule has 0 aliphatic carbocycles. The number of halogens is 1. The molecule has 0 spiro atoms. The number of carbonyl (C=O) groups is 1. The Labute approximate surface area is 118 Å². The summed E-state index contributed by atoms with van der Waals surface area (Å²) in [6, 6.07) is 12.2. The lowest BCUT2D eigenvalue weighted by molar-refractivity contribution is 0.0984. The van der Waals surface area contributed by atoms with Gasteiger partial charge in [0.2, 0.25) is 0 Å². The summed E-state index contributed by atoms with van der Waals surface area (Å²) in [7, 11) is 0. The number of amides is 1. The lowest BCUT2D eigenvalue weighted by atomic mass is 10.1. The number of carbonyl (C=O) groups excluding carboxylic acids is 1. The Kier molecular flexibility index (Phi) is 4.18. The van der Waals surface area contributed by atoms with Crippen LogP contribution in [0.1, 0.15) is 28.4 Å². The minimum atomic E-state index is -0.480. The van der Waals surface area contributed by atoms with Gasteiger partial charge in [0.1, 0.15) is 5.82 Å². The van der Waals surface area contributed by atoms with Crippen LogP contribution in [0.15, 0.2) is 42.5 Å². The van der Waals surface area contributed by atoms with Gasteiger partial charge in [-0.05, 0) is 45.0 Å². The van der Waals surface area contributed by atoms with Gasteiger partial charge in [-0.15, -0.1) is 0 Å². The lowest BCUT2D eigenvalue weighted by Gasteiger charge is -2.21. The van der Waals surface area contributed by atoms with Gasteiger partial charge in [0.05, 0.1) is 5.56 Å². The summed E-state index contributed by atoms with van der Waals surface area (Å²) in [4.78, 5) is 14.1. The van der Waals surface area contributed by atoms with Gasteiger partial charge in [0.25, 0.3) is 5.91 Å². The lowest BCUT2D eigenvalue weighted by Crippen LogP contribution is -2.31.